The summed E-state index contributed by atoms with van der Waals surface area (Å²) in [5.41, 5.74) is 2.16. The first-order chi connectivity index (χ1) is 9.99. The molecule has 0 unspecified atom stereocenters. The third-order valence-electron chi connectivity index (χ3n) is 3.07. The fourth-order valence-electron chi connectivity index (χ4n) is 2.01. The van der Waals surface area contributed by atoms with Gasteiger partial charge in [0.15, 0.2) is 11.6 Å². The van der Waals surface area contributed by atoms with Gasteiger partial charge >= 0.3 is 0 Å². The Kier molecular flexibility index (Phi) is 5.07. The highest BCUT2D eigenvalue weighted by atomic mass is 79.9. The zero-order valence-electron chi connectivity index (χ0n) is 11.4. The van der Waals surface area contributed by atoms with Gasteiger partial charge in [0.1, 0.15) is 0 Å². The van der Waals surface area contributed by atoms with E-state index in [1.54, 1.807) is 0 Å². The topological polar surface area (TPSA) is 29.1 Å². The molecular weight excluding hydrogens is 340 g/mol. The number of hydrogen-bond donors (Lipinski definition) is 1. The van der Waals surface area contributed by atoms with Gasteiger partial charge < -0.3 is 5.32 Å². The number of anilines is 1. The van der Waals surface area contributed by atoms with Gasteiger partial charge in [0.25, 0.3) is 0 Å². The number of nitrogens with one attached hydrogen (secondary N) is 1. The van der Waals surface area contributed by atoms with Crippen molar-refractivity contribution in [3.05, 3.63) is 63.6 Å². The SMILES string of the molecule is CCc1cc(Br)ccc1NC(=O)Cc1ccc(F)c(F)c1. The molecule has 2 rings (SSSR count). The Bertz CT molecular complexity index is 673. The van der Waals surface area contributed by atoms with Gasteiger partial charge in [-0.3, -0.25) is 4.79 Å². The normalized spacial score (nSPS) is 10.5. The molecule has 0 aliphatic heterocycles. The average molecular weight is 354 g/mol. The van der Waals surface area contributed by atoms with Crippen molar-refractivity contribution in [2.75, 3.05) is 5.32 Å². The van der Waals surface area contributed by atoms with E-state index in [0.29, 0.717) is 5.56 Å². The zero-order valence-corrected chi connectivity index (χ0v) is 13.0. The molecule has 0 radical (unpaired) electrons. The molecular formula is C16H14BrF2NO. The lowest BCUT2D eigenvalue weighted by Crippen LogP contribution is -2.15. The van der Waals surface area contributed by atoms with Gasteiger partial charge in [-0.05, 0) is 47.9 Å². The summed E-state index contributed by atoms with van der Waals surface area (Å²) in [6.07, 6.45) is 0.774. The number of carbonyl (C=O) groups is 1. The molecule has 2 aromatic carbocycles. The molecule has 2 aromatic rings. The van der Waals surface area contributed by atoms with Crippen LogP contribution < -0.4 is 5.32 Å². The van der Waals surface area contributed by atoms with Gasteiger partial charge in [-0.15, -0.1) is 0 Å². The highest BCUT2D eigenvalue weighted by Crippen LogP contribution is 2.22. The van der Waals surface area contributed by atoms with Crippen molar-refractivity contribution in [2.45, 2.75) is 19.8 Å². The van der Waals surface area contributed by atoms with Crippen LogP contribution in [-0.2, 0) is 17.6 Å². The molecule has 0 fully saturated rings. The van der Waals surface area contributed by atoms with Crippen molar-refractivity contribution in [1.82, 2.24) is 0 Å². The van der Waals surface area contributed by atoms with Crippen molar-refractivity contribution in [1.29, 1.82) is 0 Å². The molecule has 0 atom stereocenters. The zero-order chi connectivity index (χ0) is 15.4. The third kappa shape index (κ3) is 4.11. The highest BCUT2D eigenvalue weighted by Gasteiger charge is 2.09. The van der Waals surface area contributed by atoms with Gasteiger partial charge in [0.2, 0.25) is 5.91 Å². The number of carbonyl (C=O) groups excluding carboxylic acids is 1. The molecule has 0 aromatic heterocycles. The molecule has 1 N–H and O–H groups in total. The fraction of sp³-hybridized carbons (Fsp3) is 0.188. The van der Waals surface area contributed by atoms with Crippen molar-refractivity contribution >= 4 is 27.5 Å². The minimum absolute atomic E-state index is 0.00355. The highest BCUT2D eigenvalue weighted by molar-refractivity contribution is 9.10. The van der Waals surface area contributed by atoms with Crippen LogP contribution in [0.25, 0.3) is 0 Å². The van der Waals surface area contributed by atoms with E-state index in [-0.39, 0.29) is 12.3 Å². The molecule has 5 heteroatoms. The van der Waals surface area contributed by atoms with E-state index in [1.165, 1.54) is 6.07 Å². The fourth-order valence-corrected chi connectivity index (χ4v) is 2.41. The summed E-state index contributed by atoms with van der Waals surface area (Å²) < 4.78 is 26.9. The average Bonchev–Trinajstić information content (AvgIpc) is 2.44. The van der Waals surface area contributed by atoms with E-state index >= 15 is 0 Å². The lowest BCUT2D eigenvalue weighted by atomic mass is 10.1. The number of aryl methyl sites for hydroxylation is 1. The van der Waals surface area contributed by atoms with Crippen LogP contribution in [0.4, 0.5) is 14.5 Å². The van der Waals surface area contributed by atoms with Crippen LogP contribution in [0, 0.1) is 11.6 Å². The molecule has 0 bridgehead atoms. The Morgan fingerprint density at radius 1 is 1.14 bits per heavy atom. The van der Waals surface area contributed by atoms with E-state index in [1.807, 2.05) is 25.1 Å². The molecule has 110 valence electrons. The van der Waals surface area contributed by atoms with Crippen LogP contribution >= 0.6 is 15.9 Å². The van der Waals surface area contributed by atoms with Crippen molar-refractivity contribution < 1.29 is 13.6 Å². The maximum atomic E-state index is 13.1. The first-order valence-electron chi connectivity index (χ1n) is 6.51. The molecule has 0 aliphatic rings. The van der Waals surface area contributed by atoms with Crippen molar-refractivity contribution in [3.63, 3.8) is 0 Å². The monoisotopic (exact) mass is 353 g/mol. The quantitative estimate of drug-likeness (QED) is 0.862. The van der Waals surface area contributed by atoms with Crippen LogP contribution in [-0.4, -0.2) is 5.91 Å². The standard InChI is InChI=1S/C16H14BrF2NO/c1-2-11-9-12(17)4-6-15(11)20-16(21)8-10-3-5-13(18)14(19)7-10/h3-7,9H,2,8H2,1H3,(H,20,21). The molecule has 0 aliphatic carbocycles. The van der Waals surface area contributed by atoms with E-state index in [4.69, 9.17) is 0 Å². The first-order valence-corrected chi connectivity index (χ1v) is 7.31. The van der Waals surface area contributed by atoms with Gasteiger partial charge in [0, 0.05) is 10.2 Å². The number of amides is 1. The van der Waals surface area contributed by atoms with Gasteiger partial charge in [-0.25, -0.2) is 8.78 Å². The maximum absolute atomic E-state index is 13.1. The lowest BCUT2D eigenvalue weighted by molar-refractivity contribution is -0.115. The minimum atomic E-state index is -0.946. The molecule has 0 heterocycles. The van der Waals surface area contributed by atoms with Crippen LogP contribution in [0.3, 0.4) is 0 Å². The third-order valence-corrected chi connectivity index (χ3v) is 3.56. The van der Waals surface area contributed by atoms with E-state index in [0.717, 1.165) is 34.3 Å². The minimum Gasteiger partial charge on any atom is -0.326 e. The van der Waals surface area contributed by atoms with Crippen LogP contribution in [0.5, 0.6) is 0 Å². The molecule has 0 spiro atoms. The predicted molar refractivity (Wildman–Crippen MR) is 82.2 cm³/mol. The van der Waals surface area contributed by atoms with Crippen LogP contribution in [0.15, 0.2) is 40.9 Å². The molecule has 1 amide bonds. The summed E-state index contributed by atoms with van der Waals surface area (Å²) in [5, 5.41) is 2.80. The summed E-state index contributed by atoms with van der Waals surface area (Å²) in [4.78, 5) is 12.0. The lowest BCUT2D eigenvalue weighted by Gasteiger charge is -2.10. The Morgan fingerprint density at radius 2 is 1.90 bits per heavy atom. The van der Waals surface area contributed by atoms with E-state index in [2.05, 4.69) is 21.2 Å². The van der Waals surface area contributed by atoms with Crippen molar-refractivity contribution in [2.24, 2.45) is 0 Å². The molecule has 2 nitrogen and oxygen atoms in total. The summed E-state index contributed by atoms with van der Waals surface area (Å²) in [7, 11) is 0. The maximum Gasteiger partial charge on any atom is 0.228 e. The van der Waals surface area contributed by atoms with Crippen LogP contribution in [0.2, 0.25) is 0 Å². The second-order valence-electron chi connectivity index (χ2n) is 4.63. The Balaban J connectivity index is 2.09. The smallest absolute Gasteiger partial charge is 0.228 e. The second-order valence-corrected chi connectivity index (χ2v) is 5.54. The van der Waals surface area contributed by atoms with Gasteiger partial charge in [0.05, 0.1) is 6.42 Å². The van der Waals surface area contributed by atoms with Crippen LogP contribution in [0.1, 0.15) is 18.1 Å². The number of halogens is 3. The Morgan fingerprint density at radius 3 is 2.57 bits per heavy atom. The summed E-state index contributed by atoms with van der Waals surface area (Å²) >= 11 is 3.38. The largest absolute Gasteiger partial charge is 0.326 e. The molecule has 0 saturated heterocycles. The Labute approximate surface area is 130 Å². The van der Waals surface area contributed by atoms with Crippen molar-refractivity contribution in [3.8, 4) is 0 Å². The van der Waals surface area contributed by atoms with E-state index in [9.17, 15) is 13.6 Å². The Hall–Kier alpha value is -1.75. The number of hydrogen-bond acceptors (Lipinski definition) is 1. The number of rotatable bonds is 4. The molecule has 21 heavy (non-hydrogen) atoms. The summed E-state index contributed by atoms with van der Waals surface area (Å²) in [5.74, 6) is -2.13. The van der Waals surface area contributed by atoms with Gasteiger partial charge in [-0.2, -0.15) is 0 Å². The predicted octanol–water partition coefficient (Wildman–Crippen LogP) is 4.47. The molecule has 0 saturated carbocycles. The van der Waals surface area contributed by atoms with E-state index < -0.39 is 11.6 Å². The second kappa shape index (κ2) is 6.80. The first kappa shape index (κ1) is 15.6. The van der Waals surface area contributed by atoms with Gasteiger partial charge in [-0.1, -0.05) is 28.9 Å². The number of benzene rings is 2. The summed E-state index contributed by atoms with van der Waals surface area (Å²) in [6.45, 7) is 1.99. The summed E-state index contributed by atoms with van der Waals surface area (Å²) in [6, 6.07) is 9.05.